The average Bonchev–Trinajstić information content (AvgIpc) is 2.45. The third-order valence-corrected chi connectivity index (χ3v) is 5.18. The number of nitrogen functional groups attached to an aromatic ring is 1. The number of nitrogens with two attached hydrogens (primary N) is 1. The first-order valence-electron chi connectivity index (χ1n) is 7.40. The van der Waals surface area contributed by atoms with E-state index in [1.54, 1.807) is 7.11 Å². The molecule has 0 saturated heterocycles. The quantitative estimate of drug-likeness (QED) is 0.903. The maximum absolute atomic E-state index is 6.05. The SMILES string of the molecule is CCCc1nc(C2(OC)CCC(C)CC2)nc(N)c1Br. The molecule has 1 aromatic heterocycles. The molecule has 4 nitrogen and oxygen atoms in total. The number of anilines is 1. The Kier molecular flexibility index (Phi) is 5.02. The van der Waals surface area contributed by atoms with Crippen LogP contribution in [0.15, 0.2) is 4.47 Å². The van der Waals surface area contributed by atoms with E-state index < -0.39 is 0 Å². The molecule has 0 spiro atoms. The molecule has 1 aliphatic carbocycles. The highest BCUT2D eigenvalue weighted by Gasteiger charge is 2.39. The number of methoxy groups -OCH3 is 1. The molecule has 0 unspecified atom stereocenters. The minimum atomic E-state index is -0.357. The molecule has 0 aromatic carbocycles. The van der Waals surface area contributed by atoms with Gasteiger partial charge in [-0.2, -0.15) is 0 Å². The fraction of sp³-hybridized carbons (Fsp3) is 0.733. The van der Waals surface area contributed by atoms with Gasteiger partial charge >= 0.3 is 0 Å². The lowest BCUT2D eigenvalue weighted by Gasteiger charge is -2.37. The van der Waals surface area contributed by atoms with Crippen LogP contribution in [-0.4, -0.2) is 17.1 Å². The third kappa shape index (κ3) is 2.98. The van der Waals surface area contributed by atoms with Crippen molar-refractivity contribution in [1.29, 1.82) is 0 Å². The van der Waals surface area contributed by atoms with E-state index >= 15 is 0 Å². The molecule has 1 fully saturated rings. The lowest BCUT2D eigenvalue weighted by Crippen LogP contribution is -2.35. The highest BCUT2D eigenvalue weighted by atomic mass is 79.9. The highest BCUT2D eigenvalue weighted by molar-refractivity contribution is 9.10. The number of aryl methyl sites for hydroxylation is 1. The van der Waals surface area contributed by atoms with E-state index in [-0.39, 0.29) is 5.60 Å². The number of nitrogens with zero attached hydrogens (tertiary/aromatic N) is 2. The second-order valence-electron chi connectivity index (χ2n) is 5.82. The van der Waals surface area contributed by atoms with Crippen molar-refractivity contribution in [2.75, 3.05) is 12.8 Å². The molecule has 1 saturated carbocycles. The normalized spacial score (nSPS) is 26.7. The van der Waals surface area contributed by atoms with Gasteiger partial charge in [0, 0.05) is 7.11 Å². The van der Waals surface area contributed by atoms with Crippen LogP contribution in [0.25, 0.3) is 0 Å². The minimum absolute atomic E-state index is 0.357. The first kappa shape index (κ1) is 15.7. The van der Waals surface area contributed by atoms with Crippen molar-refractivity contribution in [3.63, 3.8) is 0 Å². The summed E-state index contributed by atoms with van der Waals surface area (Å²) in [6.45, 7) is 4.43. The van der Waals surface area contributed by atoms with Crippen molar-refractivity contribution in [1.82, 2.24) is 9.97 Å². The Bertz CT molecular complexity index is 470. The summed E-state index contributed by atoms with van der Waals surface area (Å²) in [4.78, 5) is 9.25. The monoisotopic (exact) mass is 341 g/mol. The molecule has 0 aliphatic heterocycles. The number of halogens is 1. The fourth-order valence-corrected chi connectivity index (χ4v) is 3.24. The van der Waals surface area contributed by atoms with Gasteiger partial charge in [-0.15, -0.1) is 0 Å². The van der Waals surface area contributed by atoms with E-state index in [9.17, 15) is 0 Å². The molecule has 0 bridgehead atoms. The van der Waals surface area contributed by atoms with Gasteiger partial charge in [0.1, 0.15) is 11.4 Å². The van der Waals surface area contributed by atoms with Gasteiger partial charge in [-0.25, -0.2) is 9.97 Å². The van der Waals surface area contributed by atoms with E-state index in [0.717, 1.165) is 60.4 Å². The Morgan fingerprint density at radius 2 is 2.00 bits per heavy atom. The number of hydrogen-bond acceptors (Lipinski definition) is 4. The summed E-state index contributed by atoms with van der Waals surface area (Å²) in [5.74, 6) is 2.03. The second-order valence-corrected chi connectivity index (χ2v) is 6.62. The van der Waals surface area contributed by atoms with E-state index in [0.29, 0.717) is 5.82 Å². The Balaban J connectivity index is 2.39. The summed E-state index contributed by atoms with van der Waals surface area (Å²) in [7, 11) is 1.76. The molecule has 1 aromatic rings. The van der Waals surface area contributed by atoms with E-state index in [2.05, 4.69) is 34.8 Å². The predicted octanol–water partition coefficient (Wildman–Crippen LogP) is 3.83. The van der Waals surface area contributed by atoms with Crippen LogP contribution in [0, 0.1) is 5.92 Å². The largest absolute Gasteiger partial charge is 0.383 e. The molecular weight excluding hydrogens is 318 g/mol. The van der Waals surface area contributed by atoms with Crippen LogP contribution in [0.5, 0.6) is 0 Å². The number of hydrogen-bond donors (Lipinski definition) is 1. The van der Waals surface area contributed by atoms with Gasteiger partial charge in [0.05, 0.1) is 10.2 Å². The van der Waals surface area contributed by atoms with Crippen molar-refractivity contribution in [2.45, 2.75) is 58.0 Å². The number of rotatable bonds is 4. The summed E-state index contributed by atoms with van der Waals surface area (Å²) >= 11 is 3.50. The van der Waals surface area contributed by atoms with Crippen LogP contribution in [-0.2, 0) is 16.8 Å². The zero-order valence-corrected chi connectivity index (χ0v) is 14.2. The predicted molar refractivity (Wildman–Crippen MR) is 84.5 cm³/mol. The minimum Gasteiger partial charge on any atom is -0.383 e. The van der Waals surface area contributed by atoms with Crippen molar-refractivity contribution in [3.8, 4) is 0 Å². The van der Waals surface area contributed by atoms with Crippen LogP contribution >= 0.6 is 15.9 Å². The Morgan fingerprint density at radius 1 is 1.35 bits per heavy atom. The van der Waals surface area contributed by atoms with E-state index in [1.807, 2.05) is 0 Å². The van der Waals surface area contributed by atoms with Gasteiger partial charge in [0.15, 0.2) is 5.82 Å². The molecule has 0 radical (unpaired) electrons. The zero-order valence-electron chi connectivity index (χ0n) is 12.6. The van der Waals surface area contributed by atoms with Crippen LogP contribution in [0.3, 0.4) is 0 Å². The lowest BCUT2D eigenvalue weighted by atomic mass is 9.79. The Hall–Kier alpha value is -0.680. The smallest absolute Gasteiger partial charge is 0.162 e. The van der Waals surface area contributed by atoms with Crippen LogP contribution < -0.4 is 5.73 Å². The third-order valence-electron chi connectivity index (χ3n) is 4.31. The summed E-state index contributed by atoms with van der Waals surface area (Å²) in [6.07, 6.45) is 6.17. The zero-order chi connectivity index (χ0) is 14.8. The van der Waals surface area contributed by atoms with Gasteiger partial charge in [-0.1, -0.05) is 20.3 Å². The van der Waals surface area contributed by atoms with E-state index in [4.69, 9.17) is 15.5 Å². The molecular formula is C15H24BrN3O. The molecule has 0 amide bonds. The van der Waals surface area contributed by atoms with Gasteiger partial charge in [0.2, 0.25) is 0 Å². The van der Waals surface area contributed by atoms with Crippen molar-refractivity contribution >= 4 is 21.7 Å². The standard InChI is InChI=1S/C15H24BrN3O/c1-4-5-11-12(16)13(17)19-14(18-11)15(20-3)8-6-10(2)7-9-15/h10H,4-9H2,1-3H3,(H2,17,18,19). The van der Waals surface area contributed by atoms with Gasteiger partial charge in [-0.3, -0.25) is 0 Å². The van der Waals surface area contributed by atoms with Crippen LogP contribution in [0.2, 0.25) is 0 Å². The maximum Gasteiger partial charge on any atom is 0.162 e. The van der Waals surface area contributed by atoms with Gasteiger partial charge in [0.25, 0.3) is 0 Å². The average molecular weight is 342 g/mol. The molecule has 1 heterocycles. The molecule has 1 aliphatic rings. The molecule has 0 atom stereocenters. The Morgan fingerprint density at radius 3 is 2.55 bits per heavy atom. The van der Waals surface area contributed by atoms with Crippen molar-refractivity contribution < 1.29 is 4.74 Å². The van der Waals surface area contributed by atoms with Crippen molar-refractivity contribution in [2.24, 2.45) is 5.92 Å². The topological polar surface area (TPSA) is 61.0 Å². The van der Waals surface area contributed by atoms with Crippen LogP contribution in [0.4, 0.5) is 5.82 Å². The second kappa shape index (κ2) is 6.39. The number of aromatic nitrogens is 2. The molecule has 5 heteroatoms. The summed E-state index contributed by atoms with van der Waals surface area (Å²) in [5, 5.41) is 0. The van der Waals surface area contributed by atoms with Crippen molar-refractivity contribution in [3.05, 3.63) is 16.0 Å². The molecule has 20 heavy (non-hydrogen) atoms. The van der Waals surface area contributed by atoms with Gasteiger partial charge < -0.3 is 10.5 Å². The fourth-order valence-electron chi connectivity index (χ4n) is 2.87. The first-order valence-corrected chi connectivity index (χ1v) is 8.19. The summed E-state index contributed by atoms with van der Waals surface area (Å²) < 4.78 is 6.68. The van der Waals surface area contributed by atoms with Gasteiger partial charge in [-0.05, 0) is 54.0 Å². The summed E-state index contributed by atoms with van der Waals surface area (Å²) in [5.41, 5.74) is 6.68. The van der Waals surface area contributed by atoms with Crippen LogP contribution in [0.1, 0.15) is 57.5 Å². The summed E-state index contributed by atoms with van der Waals surface area (Å²) in [6, 6.07) is 0. The molecule has 2 N–H and O–H groups in total. The van der Waals surface area contributed by atoms with E-state index in [1.165, 1.54) is 0 Å². The lowest BCUT2D eigenvalue weighted by molar-refractivity contribution is -0.0598. The molecule has 112 valence electrons. The first-order chi connectivity index (χ1) is 9.52. The highest BCUT2D eigenvalue weighted by Crippen LogP contribution is 2.41. The Labute approximate surface area is 129 Å². The molecule has 2 rings (SSSR count). The maximum atomic E-state index is 6.05. The number of ether oxygens (including phenoxy) is 1.